The highest BCUT2D eigenvalue weighted by Gasteiger charge is 2.22. The Morgan fingerprint density at radius 2 is 1.93 bits per heavy atom. The predicted octanol–water partition coefficient (Wildman–Crippen LogP) is 5.07. The average Bonchev–Trinajstić information content (AvgIpc) is 3.27. The summed E-state index contributed by atoms with van der Waals surface area (Å²) in [6.45, 7) is 1.89. The summed E-state index contributed by atoms with van der Waals surface area (Å²) in [6.07, 6.45) is 0. The summed E-state index contributed by atoms with van der Waals surface area (Å²) in [4.78, 5) is 8.49. The lowest BCUT2D eigenvalue weighted by Crippen LogP contribution is -1.97. The van der Waals surface area contributed by atoms with Gasteiger partial charge in [0.2, 0.25) is 23.4 Å². The molecule has 0 unspecified atom stereocenters. The van der Waals surface area contributed by atoms with Gasteiger partial charge in [-0.05, 0) is 35.9 Å². The van der Waals surface area contributed by atoms with Crippen LogP contribution in [0, 0.1) is 12.7 Å². The molecule has 136 valence electrons. The van der Waals surface area contributed by atoms with E-state index in [9.17, 15) is 4.39 Å². The van der Waals surface area contributed by atoms with Crippen molar-refractivity contribution in [2.75, 3.05) is 0 Å². The fraction of sp³-hybridized carbons (Fsp3) is 0.105. The molecule has 4 aromatic rings. The van der Waals surface area contributed by atoms with E-state index in [-0.39, 0.29) is 30.0 Å². The Morgan fingerprint density at radius 3 is 2.63 bits per heavy atom. The highest BCUT2D eigenvalue weighted by atomic mass is 35.5. The smallest absolute Gasteiger partial charge is 0.265 e. The molecule has 0 fully saturated rings. The van der Waals surface area contributed by atoms with E-state index in [0.717, 1.165) is 5.56 Å². The third-order valence-electron chi connectivity index (χ3n) is 3.69. The first-order valence-corrected chi connectivity index (χ1v) is 8.41. The average molecular weight is 386 g/mol. The van der Waals surface area contributed by atoms with Crippen molar-refractivity contribution in [1.82, 2.24) is 15.1 Å². The summed E-state index contributed by atoms with van der Waals surface area (Å²) in [6, 6.07) is 13.1. The van der Waals surface area contributed by atoms with Gasteiger partial charge in [0.25, 0.3) is 5.88 Å². The van der Waals surface area contributed by atoms with E-state index in [1.165, 1.54) is 12.1 Å². The van der Waals surface area contributed by atoms with Gasteiger partial charge in [0.1, 0.15) is 12.4 Å². The molecule has 27 heavy (non-hydrogen) atoms. The lowest BCUT2D eigenvalue weighted by Gasteiger charge is -2.03. The third kappa shape index (κ3) is 3.83. The normalized spacial score (nSPS) is 10.9. The van der Waals surface area contributed by atoms with E-state index >= 15 is 0 Å². The Morgan fingerprint density at radius 1 is 1.11 bits per heavy atom. The second-order valence-corrected chi connectivity index (χ2v) is 6.15. The molecule has 0 saturated carbocycles. The van der Waals surface area contributed by atoms with Gasteiger partial charge in [-0.15, -0.1) is 0 Å². The Balaban J connectivity index is 1.68. The van der Waals surface area contributed by atoms with Gasteiger partial charge >= 0.3 is 0 Å². The molecule has 6 nitrogen and oxygen atoms in total. The van der Waals surface area contributed by atoms with Crippen LogP contribution in [-0.2, 0) is 6.61 Å². The minimum atomic E-state index is -0.397. The van der Waals surface area contributed by atoms with E-state index in [1.807, 2.05) is 12.1 Å². The molecule has 0 amide bonds. The van der Waals surface area contributed by atoms with Crippen molar-refractivity contribution in [2.45, 2.75) is 13.5 Å². The lowest BCUT2D eigenvalue weighted by atomic mass is 10.2. The summed E-state index contributed by atoms with van der Waals surface area (Å²) in [5, 5.41) is 4.48. The largest absolute Gasteiger partial charge is 0.470 e. The van der Waals surface area contributed by atoms with E-state index in [1.54, 1.807) is 31.2 Å². The zero-order chi connectivity index (χ0) is 18.8. The molecule has 0 radical (unpaired) electrons. The summed E-state index contributed by atoms with van der Waals surface area (Å²) in [7, 11) is 0. The molecule has 4 rings (SSSR count). The number of rotatable bonds is 5. The molecular formula is C19H13ClFN3O3. The van der Waals surface area contributed by atoms with Crippen LogP contribution >= 0.6 is 11.6 Å². The number of ether oxygens (including phenoxy) is 1. The molecule has 0 spiro atoms. The topological polar surface area (TPSA) is 74.2 Å². The van der Waals surface area contributed by atoms with Gasteiger partial charge in [-0.3, -0.25) is 0 Å². The third-order valence-corrected chi connectivity index (χ3v) is 3.94. The number of oxazole rings is 1. The van der Waals surface area contributed by atoms with E-state index < -0.39 is 5.82 Å². The minimum Gasteiger partial charge on any atom is -0.470 e. The second-order valence-electron chi connectivity index (χ2n) is 5.72. The number of hydrogen-bond acceptors (Lipinski definition) is 6. The summed E-state index contributed by atoms with van der Waals surface area (Å²) in [5.41, 5.74) is 1.36. The quantitative estimate of drug-likeness (QED) is 0.477. The molecule has 0 aliphatic heterocycles. The first-order valence-electron chi connectivity index (χ1n) is 8.03. The Kier molecular flexibility index (Phi) is 4.60. The maximum atomic E-state index is 13.5. The summed E-state index contributed by atoms with van der Waals surface area (Å²) < 4.78 is 30.1. The minimum absolute atomic E-state index is 0.185. The van der Waals surface area contributed by atoms with Gasteiger partial charge in [0.05, 0.1) is 0 Å². The highest BCUT2D eigenvalue weighted by Crippen LogP contribution is 2.34. The number of nitrogens with zero attached hydrogens (tertiary/aromatic N) is 3. The van der Waals surface area contributed by atoms with Crippen LogP contribution in [0.5, 0.6) is 5.88 Å². The second kappa shape index (κ2) is 7.20. The first-order chi connectivity index (χ1) is 13.1. The molecule has 0 bridgehead atoms. The zero-order valence-corrected chi connectivity index (χ0v) is 14.9. The first kappa shape index (κ1) is 17.2. The monoisotopic (exact) mass is 385 g/mol. The number of benzene rings is 2. The van der Waals surface area contributed by atoms with E-state index in [0.29, 0.717) is 16.5 Å². The number of aromatic nitrogens is 3. The van der Waals surface area contributed by atoms with Crippen molar-refractivity contribution in [3.8, 4) is 28.9 Å². The maximum absolute atomic E-state index is 13.5. The lowest BCUT2D eigenvalue weighted by molar-refractivity contribution is 0.294. The number of hydrogen-bond donors (Lipinski definition) is 0. The van der Waals surface area contributed by atoms with Crippen molar-refractivity contribution in [1.29, 1.82) is 0 Å². The van der Waals surface area contributed by atoms with Crippen LogP contribution < -0.4 is 4.74 Å². The van der Waals surface area contributed by atoms with Crippen molar-refractivity contribution in [2.24, 2.45) is 0 Å². The molecule has 0 aliphatic rings. The van der Waals surface area contributed by atoms with Crippen molar-refractivity contribution < 1.29 is 18.1 Å². The van der Waals surface area contributed by atoms with E-state index in [2.05, 4.69) is 15.1 Å². The fourth-order valence-electron chi connectivity index (χ4n) is 2.41. The van der Waals surface area contributed by atoms with Gasteiger partial charge in [0.15, 0.2) is 0 Å². The molecule has 0 N–H and O–H groups in total. The molecule has 2 aromatic heterocycles. The fourth-order valence-corrected chi connectivity index (χ4v) is 2.54. The van der Waals surface area contributed by atoms with Crippen LogP contribution in [0.2, 0.25) is 5.02 Å². The Hall–Kier alpha value is -3.19. The maximum Gasteiger partial charge on any atom is 0.265 e. The zero-order valence-electron chi connectivity index (χ0n) is 14.1. The van der Waals surface area contributed by atoms with Crippen molar-refractivity contribution in [3.05, 3.63) is 70.8 Å². The van der Waals surface area contributed by atoms with Crippen LogP contribution in [0.4, 0.5) is 4.39 Å². The molecule has 2 heterocycles. The molecule has 0 saturated heterocycles. The van der Waals surface area contributed by atoms with Gasteiger partial charge in [0, 0.05) is 17.5 Å². The summed E-state index contributed by atoms with van der Waals surface area (Å²) in [5.74, 6) is 0.764. The SMILES string of the molecule is Cc1nc(-c2oc(-c3cccc(F)c3)nc2OCc2ccc(Cl)cc2)no1. The molecule has 0 aliphatic carbocycles. The van der Waals surface area contributed by atoms with Crippen LogP contribution in [0.1, 0.15) is 11.5 Å². The predicted molar refractivity (Wildman–Crippen MR) is 95.7 cm³/mol. The van der Waals surface area contributed by atoms with Crippen LogP contribution in [0.3, 0.4) is 0 Å². The van der Waals surface area contributed by atoms with Gasteiger partial charge in [-0.25, -0.2) is 4.39 Å². The van der Waals surface area contributed by atoms with Gasteiger partial charge in [-0.2, -0.15) is 9.97 Å². The van der Waals surface area contributed by atoms with Gasteiger partial charge < -0.3 is 13.7 Å². The standard InChI is InChI=1S/C19H13ClFN3O3/c1-11-22-17(24-27-11)16-19(25-10-12-5-7-14(20)8-6-12)23-18(26-16)13-3-2-4-15(21)9-13/h2-9H,10H2,1H3. The molecular weight excluding hydrogens is 373 g/mol. The van der Waals surface area contributed by atoms with Crippen LogP contribution in [0.15, 0.2) is 57.5 Å². The van der Waals surface area contributed by atoms with Crippen LogP contribution in [-0.4, -0.2) is 15.1 Å². The van der Waals surface area contributed by atoms with Crippen molar-refractivity contribution >= 4 is 11.6 Å². The van der Waals surface area contributed by atoms with Crippen LogP contribution in [0.25, 0.3) is 23.0 Å². The molecule has 2 aromatic carbocycles. The van der Waals surface area contributed by atoms with Gasteiger partial charge in [-0.1, -0.05) is 35.0 Å². The molecule has 0 atom stereocenters. The number of aryl methyl sites for hydroxylation is 1. The number of halogens is 2. The highest BCUT2D eigenvalue weighted by molar-refractivity contribution is 6.30. The molecule has 8 heteroatoms. The van der Waals surface area contributed by atoms with E-state index in [4.69, 9.17) is 25.3 Å². The Bertz CT molecular complexity index is 1080. The van der Waals surface area contributed by atoms with Crippen molar-refractivity contribution in [3.63, 3.8) is 0 Å². The summed E-state index contributed by atoms with van der Waals surface area (Å²) >= 11 is 5.89. The Labute approximate surface area is 158 Å².